The van der Waals surface area contributed by atoms with Crippen molar-refractivity contribution in [1.82, 2.24) is 0 Å². The van der Waals surface area contributed by atoms with Crippen molar-refractivity contribution in [3.05, 3.63) is 53.5 Å². The van der Waals surface area contributed by atoms with Crippen LogP contribution in [0.1, 0.15) is 13.9 Å². The number of rotatable bonds is 3. The van der Waals surface area contributed by atoms with Crippen molar-refractivity contribution < 1.29 is 83.4 Å². The van der Waals surface area contributed by atoms with E-state index in [1.165, 1.54) is 13.0 Å². The summed E-state index contributed by atoms with van der Waals surface area (Å²) in [6.07, 6.45) is 1.20. The van der Waals surface area contributed by atoms with E-state index in [4.69, 9.17) is 9.66 Å². The van der Waals surface area contributed by atoms with Gasteiger partial charge in [-0.3, -0.25) is 4.55 Å². The number of benzene rings is 1. The van der Waals surface area contributed by atoms with Gasteiger partial charge in [-0.25, -0.2) is 19.3 Å². The molecule has 0 aromatic heterocycles. The van der Waals surface area contributed by atoms with E-state index in [1.54, 1.807) is 24.3 Å². The quantitative estimate of drug-likeness (QED) is 0.258. The van der Waals surface area contributed by atoms with Crippen molar-refractivity contribution in [3.8, 4) is 0 Å². The minimum atomic E-state index is -4.13. The normalized spacial score (nSPS) is 9.50. The Bertz CT molecular complexity index is 532. The molecule has 0 atom stereocenters. The molecule has 100 valence electrons. The first-order valence-corrected chi connectivity index (χ1v) is 6.18. The van der Waals surface area contributed by atoms with Crippen LogP contribution in [-0.4, -0.2) is 24.0 Å². The topological polar surface area (TPSA) is 91.7 Å². The molecule has 20 heavy (non-hydrogen) atoms. The zero-order valence-corrected chi connectivity index (χ0v) is 16.5. The van der Waals surface area contributed by atoms with Gasteiger partial charge in [0, 0.05) is 5.57 Å². The van der Waals surface area contributed by atoms with E-state index in [2.05, 4.69) is 6.58 Å². The molecule has 0 spiro atoms. The van der Waals surface area contributed by atoms with Crippen molar-refractivity contribution in [2.75, 3.05) is 0 Å². The molecule has 0 amide bonds. The van der Waals surface area contributed by atoms with E-state index in [-0.39, 0.29) is 66.1 Å². The van der Waals surface area contributed by atoms with Gasteiger partial charge in [-0.05, 0) is 6.92 Å². The number of hydrogen-bond acceptors (Lipinski definition) is 3. The van der Waals surface area contributed by atoms with E-state index in [9.17, 15) is 13.2 Å². The summed E-state index contributed by atoms with van der Waals surface area (Å²) in [4.78, 5) is 9.60. The van der Waals surface area contributed by atoms with Gasteiger partial charge in [-0.2, -0.15) is 5.56 Å². The second kappa shape index (κ2) is 12.8. The molecule has 1 rings (SSSR count). The van der Waals surface area contributed by atoms with Crippen molar-refractivity contribution in [3.63, 3.8) is 0 Å². The summed E-state index contributed by atoms with van der Waals surface area (Å²) in [5, 5.41) is 9.73. The smallest absolute Gasteiger partial charge is 1.00 e. The molecule has 1 aromatic carbocycles. The predicted molar refractivity (Wildman–Crippen MR) is 69.3 cm³/mol. The zero-order valence-electron chi connectivity index (χ0n) is 12.7. The van der Waals surface area contributed by atoms with Gasteiger partial charge in [0.05, 0.1) is 0 Å². The Labute approximate surface area is 164 Å². The summed E-state index contributed by atoms with van der Waals surface area (Å²) in [5.74, 6) is -0.935. The van der Waals surface area contributed by atoms with Crippen LogP contribution in [0.15, 0.2) is 42.5 Å². The Morgan fingerprint density at radius 2 is 1.70 bits per heavy atom. The molecule has 0 fully saturated rings. The molecule has 0 radical (unpaired) electrons. The van der Waals surface area contributed by atoms with Crippen LogP contribution in [0.3, 0.4) is 0 Å². The van der Waals surface area contributed by atoms with E-state index < -0.39 is 16.1 Å². The molecular weight excluding hydrogens is 302 g/mol. The standard InChI is InChI=1S/C8H7O3S.C4H6O2.2Na.H/c9-12(10,11)7-6-8-4-2-1-3-5-8;1-3(2)4(5)6;;;/h1-6H,(H,9,10,11);1H2,2H3,(H,5,6);;;/q-1;;2*+1;-1. The molecule has 0 heterocycles. The number of aliphatic carboxylic acids is 1. The first-order valence-electron chi connectivity index (χ1n) is 4.74. The van der Waals surface area contributed by atoms with E-state index in [0.717, 1.165) is 0 Å². The molecule has 0 aliphatic rings. The van der Waals surface area contributed by atoms with Crippen molar-refractivity contribution in [2.45, 2.75) is 6.92 Å². The molecule has 5 nitrogen and oxygen atoms in total. The van der Waals surface area contributed by atoms with Crippen LogP contribution < -0.4 is 59.1 Å². The van der Waals surface area contributed by atoms with Crippen LogP contribution in [0, 0.1) is 5.41 Å². The second-order valence-electron chi connectivity index (χ2n) is 3.23. The van der Waals surface area contributed by atoms with Gasteiger partial charge in [-0.15, -0.1) is 17.5 Å². The monoisotopic (exact) mass is 316 g/mol. The van der Waals surface area contributed by atoms with Crippen LogP contribution in [0.4, 0.5) is 0 Å². The Morgan fingerprint density at radius 3 is 2.00 bits per heavy atom. The SMILES string of the molecule is C=C(C)C(=O)O.O=S(=O)(O)[C-]=Cc1ccccc1.[H-].[Na+].[Na+]. The molecule has 0 unspecified atom stereocenters. The molecule has 8 heteroatoms. The number of carboxylic acid groups (broad SMARTS) is 1. The average molecular weight is 316 g/mol. The largest absolute Gasteiger partial charge is 1.00 e. The number of carboxylic acids is 1. The first-order chi connectivity index (χ1) is 8.22. The van der Waals surface area contributed by atoms with Gasteiger partial charge >= 0.3 is 65.1 Å². The van der Waals surface area contributed by atoms with Gasteiger partial charge in [-0.1, -0.05) is 24.8 Å². The predicted octanol–water partition coefficient (Wildman–Crippen LogP) is -3.88. The molecule has 0 aliphatic carbocycles. The first kappa shape index (κ1) is 25.1. The second-order valence-corrected chi connectivity index (χ2v) is 4.42. The van der Waals surface area contributed by atoms with Crippen LogP contribution in [0.25, 0.3) is 6.08 Å². The van der Waals surface area contributed by atoms with E-state index >= 15 is 0 Å². The third-order valence-electron chi connectivity index (χ3n) is 1.54. The molecular formula is C12H14Na2O5S. The summed E-state index contributed by atoms with van der Waals surface area (Å²) in [6, 6.07) is 8.75. The number of hydrogen-bond donors (Lipinski definition) is 2. The zero-order chi connectivity index (χ0) is 14.2. The van der Waals surface area contributed by atoms with Crippen molar-refractivity contribution >= 4 is 22.2 Å². The van der Waals surface area contributed by atoms with Gasteiger partial charge < -0.3 is 6.53 Å². The third-order valence-corrected chi connectivity index (χ3v) is 1.95. The maximum absolute atomic E-state index is 10.2. The van der Waals surface area contributed by atoms with Crippen molar-refractivity contribution in [1.29, 1.82) is 0 Å². The molecule has 0 aliphatic heterocycles. The Kier molecular flexibility index (Phi) is 16.0. The fraction of sp³-hybridized carbons (Fsp3) is 0.0833. The Morgan fingerprint density at radius 1 is 1.30 bits per heavy atom. The summed E-state index contributed by atoms with van der Waals surface area (Å²) in [6.45, 7) is 4.60. The maximum Gasteiger partial charge on any atom is 1.00 e. The van der Waals surface area contributed by atoms with Gasteiger partial charge in [0.15, 0.2) is 0 Å². The molecule has 2 N–H and O–H groups in total. The van der Waals surface area contributed by atoms with E-state index in [0.29, 0.717) is 5.56 Å². The van der Waals surface area contributed by atoms with Gasteiger partial charge in [0.25, 0.3) is 0 Å². The fourth-order valence-electron chi connectivity index (χ4n) is 0.692. The van der Waals surface area contributed by atoms with Crippen LogP contribution in [0.5, 0.6) is 0 Å². The fourth-order valence-corrected chi connectivity index (χ4v) is 0.977. The molecule has 0 saturated heterocycles. The molecule has 0 saturated carbocycles. The minimum Gasteiger partial charge on any atom is -1.00 e. The van der Waals surface area contributed by atoms with Crippen LogP contribution in [0.2, 0.25) is 0 Å². The summed E-state index contributed by atoms with van der Waals surface area (Å²) < 4.78 is 28.7. The Hall–Kier alpha value is 0.0800. The van der Waals surface area contributed by atoms with Gasteiger partial charge in [0.2, 0.25) is 10.1 Å². The average Bonchev–Trinajstić information content (AvgIpc) is 2.27. The third kappa shape index (κ3) is 16.1. The van der Waals surface area contributed by atoms with Gasteiger partial charge in [0.1, 0.15) is 0 Å². The van der Waals surface area contributed by atoms with Crippen LogP contribution >= 0.6 is 0 Å². The van der Waals surface area contributed by atoms with Crippen molar-refractivity contribution in [2.24, 2.45) is 0 Å². The summed E-state index contributed by atoms with van der Waals surface area (Å²) in [5.41, 5.74) is 0.852. The summed E-state index contributed by atoms with van der Waals surface area (Å²) >= 11 is 0. The Balaban J connectivity index is -0.000000142. The maximum atomic E-state index is 10.2. The van der Waals surface area contributed by atoms with Crippen LogP contribution in [-0.2, 0) is 14.9 Å². The number of carbonyl (C=O) groups is 1. The van der Waals surface area contributed by atoms with E-state index in [1.807, 2.05) is 11.5 Å². The molecule has 1 aromatic rings. The summed E-state index contributed by atoms with van der Waals surface area (Å²) in [7, 11) is -4.13. The minimum absolute atomic E-state index is 0. The molecule has 0 bridgehead atoms.